The van der Waals surface area contributed by atoms with Gasteiger partial charge in [-0.25, -0.2) is 9.59 Å². The molecule has 34 heavy (non-hydrogen) atoms. The quantitative estimate of drug-likeness (QED) is 0.122. The molecule has 0 aromatic heterocycles. The summed E-state index contributed by atoms with van der Waals surface area (Å²) in [6.07, 6.45) is 9.99. The fourth-order valence-corrected chi connectivity index (χ4v) is 2.70. The van der Waals surface area contributed by atoms with Crippen LogP contribution in [0, 0.1) is 47.5 Å². The van der Waals surface area contributed by atoms with Crippen LogP contribution in [0.3, 0.4) is 0 Å². The molecule has 0 amide bonds. The second-order valence-corrected chi connectivity index (χ2v) is 7.44. The number of rotatable bonds is 11. The summed E-state index contributed by atoms with van der Waals surface area (Å²) in [5, 5.41) is 0. The van der Waals surface area contributed by atoms with Crippen molar-refractivity contribution >= 4 is 23.7 Å². The van der Waals surface area contributed by atoms with E-state index >= 15 is 0 Å². The molecule has 5 nitrogen and oxygen atoms in total. The molecule has 0 aliphatic carbocycles. The molecule has 176 valence electrons. The van der Waals surface area contributed by atoms with E-state index in [-0.39, 0.29) is 12.2 Å². The lowest BCUT2D eigenvalue weighted by Gasteiger charge is -2.12. The van der Waals surface area contributed by atoms with Gasteiger partial charge >= 0.3 is 11.9 Å². The van der Waals surface area contributed by atoms with Gasteiger partial charge in [-0.3, -0.25) is 0 Å². The fraction of sp³-hybridized carbons (Fsp3) is 0.379. The van der Waals surface area contributed by atoms with Gasteiger partial charge in [-0.15, -0.1) is 0 Å². The normalized spacial score (nSPS) is 9.47. The molecule has 0 heterocycles. The Morgan fingerprint density at radius 3 is 2.12 bits per heavy atom. The second-order valence-electron chi connectivity index (χ2n) is 7.44. The minimum Gasteiger partial charge on any atom is -0.462 e. The van der Waals surface area contributed by atoms with Crippen LogP contribution in [-0.4, -0.2) is 32.6 Å². The number of nitrogens with zero attached hydrogens (tertiary/aromatic N) is 1. The highest BCUT2D eigenvalue weighted by molar-refractivity contribution is 6.18. The lowest BCUT2D eigenvalue weighted by molar-refractivity contribution is -0.144. The van der Waals surface area contributed by atoms with Gasteiger partial charge < -0.3 is 14.4 Å². The van der Waals surface area contributed by atoms with Gasteiger partial charge in [0.2, 0.25) is 0 Å². The highest BCUT2D eigenvalue weighted by Gasteiger charge is 2.21. The van der Waals surface area contributed by atoms with Crippen molar-refractivity contribution in [3.05, 3.63) is 35.4 Å². The number of unbranched alkanes of at least 4 members (excludes halogenated alkanes) is 5. The Labute approximate surface area is 203 Å². The number of benzene rings is 1. The summed E-state index contributed by atoms with van der Waals surface area (Å²) >= 11 is 0. The second kappa shape index (κ2) is 17.5. The van der Waals surface area contributed by atoms with Gasteiger partial charge in [0.1, 0.15) is 11.7 Å². The van der Waals surface area contributed by atoms with Crippen LogP contribution in [0.5, 0.6) is 0 Å². The van der Waals surface area contributed by atoms with Crippen LogP contribution in [0.1, 0.15) is 57.9 Å². The lowest BCUT2D eigenvalue weighted by atomic mass is 10.1. The standard InChI is InChI=1S/C29H31NO4/c1-5-7-9-11-13-15-17-23-34-29(32)27(24-25-18-20-26(21-19-25)30(3)4)28(31)33-22-16-14-12-10-8-6-2/h18-21,24H,6,8,10,12,14,16,22H2,1-4H3. The number of hydrogen-bond donors (Lipinski definition) is 0. The van der Waals surface area contributed by atoms with Gasteiger partial charge in [-0.05, 0) is 54.9 Å². The predicted octanol–water partition coefficient (Wildman–Crippen LogP) is 4.57. The van der Waals surface area contributed by atoms with E-state index in [1.165, 1.54) is 25.3 Å². The zero-order chi connectivity index (χ0) is 25.0. The van der Waals surface area contributed by atoms with Crippen molar-refractivity contribution in [3.63, 3.8) is 0 Å². The first-order valence-corrected chi connectivity index (χ1v) is 11.3. The highest BCUT2D eigenvalue weighted by atomic mass is 16.5. The summed E-state index contributed by atoms with van der Waals surface area (Å²) in [7, 11) is 3.86. The number of anilines is 1. The van der Waals surface area contributed by atoms with Crippen LogP contribution in [-0.2, 0) is 19.1 Å². The topological polar surface area (TPSA) is 55.8 Å². The Morgan fingerprint density at radius 2 is 1.47 bits per heavy atom. The van der Waals surface area contributed by atoms with Crippen molar-refractivity contribution in [1.82, 2.24) is 0 Å². The van der Waals surface area contributed by atoms with Gasteiger partial charge in [0, 0.05) is 37.5 Å². The van der Waals surface area contributed by atoms with Gasteiger partial charge in [-0.2, -0.15) is 0 Å². The molecule has 0 aliphatic heterocycles. The molecule has 0 bridgehead atoms. The molecule has 0 atom stereocenters. The van der Waals surface area contributed by atoms with Crippen molar-refractivity contribution in [2.75, 3.05) is 25.6 Å². The molecule has 0 saturated heterocycles. The zero-order valence-electron chi connectivity index (χ0n) is 20.4. The fourth-order valence-electron chi connectivity index (χ4n) is 2.70. The maximum Gasteiger partial charge on any atom is 0.359 e. The van der Waals surface area contributed by atoms with Gasteiger partial charge in [0.05, 0.1) is 6.61 Å². The van der Waals surface area contributed by atoms with E-state index in [1.807, 2.05) is 31.1 Å². The molecule has 0 saturated carbocycles. The number of carbonyl (C=O) groups excluding carboxylic acids is 2. The summed E-state index contributed by atoms with van der Waals surface area (Å²) in [5.41, 5.74) is 1.42. The van der Waals surface area contributed by atoms with Crippen LogP contribution in [0.25, 0.3) is 6.08 Å². The van der Waals surface area contributed by atoms with E-state index in [2.05, 4.69) is 54.5 Å². The molecule has 0 radical (unpaired) electrons. The minimum atomic E-state index is -0.901. The first-order chi connectivity index (χ1) is 16.5. The third-order valence-corrected chi connectivity index (χ3v) is 4.52. The van der Waals surface area contributed by atoms with Crippen molar-refractivity contribution in [1.29, 1.82) is 0 Å². The number of hydrogen-bond acceptors (Lipinski definition) is 5. The molecule has 0 spiro atoms. The molecular weight excluding hydrogens is 426 g/mol. The Bertz CT molecular complexity index is 1080. The molecule has 1 aromatic rings. The van der Waals surface area contributed by atoms with Crippen LogP contribution in [0.2, 0.25) is 0 Å². The average Bonchev–Trinajstić information content (AvgIpc) is 2.83. The highest BCUT2D eigenvalue weighted by Crippen LogP contribution is 2.16. The summed E-state index contributed by atoms with van der Waals surface area (Å²) < 4.78 is 10.2. The van der Waals surface area contributed by atoms with Crippen LogP contribution in [0.15, 0.2) is 29.8 Å². The molecule has 0 N–H and O–H groups in total. The molecule has 1 rings (SSSR count). The van der Waals surface area contributed by atoms with Crippen LogP contribution in [0.4, 0.5) is 5.69 Å². The lowest BCUT2D eigenvalue weighted by Crippen LogP contribution is -2.17. The smallest absolute Gasteiger partial charge is 0.359 e. The largest absolute Gasteiger partial charge is 0.462 e. The Morgan fingerprint density at radius 1 is 0.853 bits per heavy atom. The number of esters is 2. The maximum absolute atomic E-state index is 12.6. The predicted molar refractivity (Wildman–Crippen MR) is 136 cm³/mol. The van der Waals surface area contributed by atoms with Crippen LogP contribution < -0.4 is 4.90 Å². The molecule has 0 fully saturated rings. The molecule has 1 aromatic carbocycles. The Balaban J connectivity index is 2.88. The van der Waals surface area contributed by atoms with E-state index < -0.39 is 11.9 Å². The van der Waals surface area contributed by atoms with Crippen molar-refractivity contribution < 1.29 is 19.1 Å². The summed E-state index contributed by atoms with van der Waals surface area (Å²) in [4.78, 5) is 27.1. The Hall–Kier alpha value is -4.06. The molecule has 0 aliphatic rings. The third-order valence-electron chi connectivity index (χ3n) is 4.52. The van der Waals surface area contributed by atoms with E-state index in [9.17, 15) is 9.59 Å². The van der Waals surface area contributed by atoms with E-state index in [0.29, 0.717) is 5.56 Å². The van der Waals surface area contributed by atoms with Gasteiger partial charge in [0.25, 0.3) is 0 Å². The van der Waals surface area contributed by atoms with Gasteiger partial charge in [0.15, 0.2) is 0 Å². The molecule has 0 unspecified atom stereocenters. The van der Waals surface area contributed by atoms with E-state index in [1.54, 1.807) is 19.1 Å². The van der Waals surface area contributed by atoms with Crippen molar-refractivity contribution in [3.8, 4) is 47.5 Å². The summed E-state index contributed by atoms with van der Waals surface area (Å²) in [5.74, 6) is 15.8. The zero-order valence-corrected chi connectivity index (χ0v) is 20.4. The van der Waals surface area contributed by atoms with Crippen LogP contribution >= 0.6 is 0 Å². The first-order valence-electron chi connectivity index (χ1n) is 11.3. The molecular formula is C29H31NO4. The Kier molecular flexibility index (Phi) is 14.4. The third kappa shape index (κ3) is 12.1. The average molecular weight is 458 g/mol. The molecule has 5 heteroatoms. The van der Waals surface area contributed by atoms with E-state index in [4.69, 9.17) is 9.47 Å². The summed E-state index contributed by atoms with van der Waals surface area (Å²) in [6.45, 7) is 4.07. The SMILES string of the molecule is CC#CC#CC#CC#COC(=O)C(=Cc1ccc(N(C)C)cc1)C(=O)OCCCCCCCC. The monoisotopic (exact) mass is 457 g/mol. The number of carbonyl (C=O) groups is 2. The maximum atomic E-state index is 12.6. The number of ether oxygens (including phenoxy) is 2. The van der Waals surface area contributed by atoms with Crippen molar-refractivity contribution in [2.24, 2.45) is 0 Å². The van der Waals surface area contributed by atoms with E-state index in [0.717, 1.165) is 24.9 Å². The van der Waals surface area contributed by atoms with Crippen molar-refractivity contribution in [2.45, 2.75) is 52.4 Å². The van der Waals surface area contributed by atoms with Gasteiger partial charge in [-0.1, -0.05) is 57.1 Å². The minimum absolute atomic E-state index is 0.233. The summed E-state index contributed by atoms with van der Waals surface area (Å²) in [6, 6.07) is 7.38. The first kappa shape index (κ1) is 28.0.